The van der Waals surface area contributed by atoms with E-state index >= 15 is 0 Å². The lowest BCUT2D eigenvalue weighted by atomic mass is 10.4. The quantitative estimate of drug-likeness (QED) is 0.883. The van der Waals surface area contributed by atoms with E-state index in [0.29, 0.717) is 23.8 Å². The van der Waals surface area contributed by atoms with Gasteiger partial charge in [0.2, 0.25) is 10.0 Å². The van der Waals surface area contributed by atoms with Crippen LogP contribution in [0.2, 0.25) is 0 Å². The maximum atomic E-state index is 12.6. The molecule has 6 nitrogen and oxygen atoms in total. The zero-order chi connectivity index (χ0) is 15.6. The Bertz CT molecular complexity index is 715. The van der Waals surface area contributed by atoms with Crippen molar-refractivity contribution in [3.63, 3.8) is 0 Å². The van der Waals surface area contributed by atoms with E-state index in [4.69, 9.17) is 8.83 Å². The number of nitrogens with zero attached hydrogens (tertiary/aromatic N) is 1. The first-order valence-electron chi connectivity index (χ1n) is 6.60. The van der Waals surface area contributed by atoms with Crippen molar-refractivity contribution in [2.24, 2.45) is 0 Å². The molecule has 2 heterocycles. The number of hydrogen-bond acceptors (Lipinski definition) is 5. The van der Waals surface area contributed by atoms with Gasteiger partial charge in [-0.15, -0.1) is 0 Å². The van der Waals surface area contributed by atoms with Crippen LogP contribution in [0.5, 0.6) is 0 Å². The summed E-state index contributed by atoms with van der Waals surface area (Å²) in [6, 6.07) is 5.14. The highest BCUT2D eigenvalue weighted by Crippen LogP contribution is 2.24. The highest BCUT2D eigenvalue weighted by molar-refractivity contribution is 7.89. The molecule has 0 amide bonds. The minimum atomic E-state index is -3.60. The molecule has 0 aliphatic rings. The fraction of sp³-hybridized carbons (Fsp3) is 0.429. The van der Waals surface area contributed by atoms with Crippen molar-refractivity contribution in [2.45, 2.75) is 31.8 Å². The molecule has 2 aromatic rings. The molecular formula is C14H20N2O4S. The summed E-state index contributed by atoms with van der Waals surface area (Å²) in [4.78, 5) is 0.193. The molecule has 116 valence electrons. The maximum absolute atomic E-state index is 12.6. The molecule has 0 saturated heterocycles. The zero-order valence-corrected chi connectivity index (χ0v) is 13.5. The van der Waals surface area contributed by atoms with Gasteiger partial charge in [0, 0.05) is 13.1 Å². The number of aryl methyl sites for hydroxylation is 2. The molecule has 2 aromatic heterocycles. The van der Waals surface area contributed by atoms with Crippen LogP contribution in [-0.4, -0.2) is 26.8 Å². The van der Waals surface area contributed by atoms with Crippen LogP contribution in [-0.2, 0) is 23.1 Å². The van der Waals surface area contributed by atoms with Crippen molar-refractivity contribution in [1.82, 2.24) is 9.62 Å². The monoisotopic (exact) mass is 312 g/mol. The molecule has 0 radical (unpaired) electrons. The van der Waals surface area contributed by atoms with Gasteiger partial charge in [-0.2, -0.15) is 4.31 Å². The predicted octanol–water partition coefficient (Wildman–Crippen LogP) is 2.03. The Balaban J connectivity index is 2.24. The number of hydrogen-bond donors (Lipinski definition) is 1. The number of rotatable bonds is 6. The Kier molecular flexibility index (Phi) is 4.55. The third-order valence-electron chi connectivity index (χ3n) is 3.14. The predicted molar refractivity (Wildman–Crippen MR) is 78.3 cm³/mol. The van der Waals surface area contributed by atoms with Gasteiger partial charge < -0.3 is 14.2 Å². The molecule has 0 aliphatic heterocycles. The molecule has 0 unspecified atom stereocenters. The number of furan rings is 2. The fourth-order valence-corrected chi connectivity index (χ4v) is 3.40. The van der Waals surface area contributed by atoms with E-state index < -0.39 is 10.0 Å². The van der Waals surface area contributed by atoms with E-state index in [0.717, 1.165) is 5.76 Å². The maximum Gasteiger partial charge on any atom is 0.246 e. The standard InChI is InChI=1S/C14H20N2O4S/c1-10-5-6-12(19-10)9-16(4)21(17,18)14-7-13(8-15-3)20-11(14)2/h5-7,15H,8-9H2,1-4H3. The molecule has 2 rings (SSSR count). The minimum absolute atomic E-state index is 0.183. The van der Waals surface area contributed by atoms with Crippen LogP contribution in [0.25, 0.3) is 0 Å². The molecule has 0 aromatic carbocycles. The first kappa shape index (κ1) is 15.8. The van der Waals surface area contributed by atoms with E-state index in [1.165, 1.54) is 11.4 Å². The Hall–Kier alpha value is -1.57. The van der Waals surface area contributed by atoms with Crippen molar-refractivity contribution < 1.29 is 17.3 Å². The van der Waals surface area contributed by atoms with E-state index in [2.05, 4.69) is 5.32 Å². The van der Waals surface area contributed by atoms with Gasteiger partial charge in [0.05, 0.1) is 13.1 Å². The largest absolute Gasteiger partial charge is 0.465 e. The molecule has 0 aliphatic carbocycles. The molecule has 1 N–H and O–H groups in total. The van der Waals surface area contributed by atoms with Gasteiger partial charge >= 0.3 is 0 Å². The highest BCUT2D eigenvalue weighted by atomic mass is 32.2. The fourth-order valence-electron chi connectivity index (χ4n) is 2.08. The Morgan fingerprint density at radius 2 is 1.90 bits per heavy atom. The summed E-state index contributed by atoms with van der Waals surface area (Å²) in [7, 11) is -0.304. The summed E-state index contributed by atoms with van der Waals surface area (Å²) in [5.41, 5.74) is 0. The van der Waals surface area contributed by atoms with Crippen molar-refractivity contribution in [3.05, 3.63) is 41.2 Å². The first-order chi connectivity index (χ1) is 9.84. The Morgan fingerprint density at radius 3 is 2.48 bits per heavy atom. The van der Waals surface area contributed by atoms with E-state index in [1.807, 2.05) is 13.0 Å². The lowest BCUT2D eigenvalue weighted by Crippen LogP contribution is -2.26. The van der Waals surface area contributed by atoms with Crippen LogP contribution in [0.3, 0.4) is 0 Å². The van der Waals surface area contributed by atoms with Crippen LogP contribution in [0, 0.1) is 13.8 Å². The second-order valence-electron chi connectivity index (χ2n) is 4.94. The molecule has 0 bridgehead atoms. The van der Waals surface area contributed by atoms with Gasteiger partial charge in [0.25, 0.3) is 0 Å². The normalized spacial score (nSPS) is 12.2. The van der Waals surface area contributed by atoms with Crippen LogP contribution in [0.4, 0.5) is 0 Å². The third kappa shape index (κ3) is 3.37. The molecule has 21 heavy (non-hydrogen) atoms. The van der Waals surface area contributed by atoms with Gasteiger partial charge in [-0.3, -0.25) is 0 Å². The summed E-state index contributed by atoms with van der Waals surface area (Å²) in [6.45, 7) is 4.14. The summed E-state index contributed by atoms with van der Waals surface area (Å²) in [6.07, 6.45) is 0. The Labute approximate surface area is 124 Å². The van der Waals surface area contributed by atoms with Gasteiger partial charge in [0.15, 0.2) is 0 Å². The second-order valence-corrected chi connectivity index (χ2v) is 6.95. The summed E-state index contributed by atoms with van der Waals surface area (Å²) in [5, 5.41) is 2.93. The van der Waals surface area contributed by atoms with Crippen molar-refractivity contribution in [2.75, 3.05) is 14.1 Å². The smallest absolute Gasteiger partial charge is 0.246 e. The zero-order valence-electron chi connectivity index (χ0n) is 12.6. The van der Waals surface area contributed by atoms with Crippen LogP contribution in [0.15, 0.2) is 31.9 Å². The molecular weight excluding hydrogens is 292 g/mol. The molecule has 0 saturated carbocycles. The van der Waals surface area contributed by atoms with Crippen molar-refractivity contribution in [3.8, 4) is 0 Å². The van der Waals surface area contributed by atoms with Crippen LogP contribution >= 0.6 is 0 Å². The average molecular weight is 312 g/mol. The average Bonchev–Trinajstić information content (AvgIpc) is 2.96. The van der Waals surface area contributed by atoms with Crippen molar-refractivity contribution in [1.29, 1.82) is 0 Å². The molecule has 0 atom stereocenters. The topological polar surface area (TPSA) is 75.7 Å². The number of sulfonamides is 1. The summed E-state index contributed by atoms with van der Waals surface area (Å²) < 4.78 is 37.3. The second kappa shape index (κ2) is 6.05. The minimum Gasteiger partial charge on any atom is -0.465 e. The van der Waals surface area contributed by atoms with Crippen molar-refractivity contribution >= 4 is 10.0 Å². The van der Waals surface area contributed by atoms with E-state index in [9.17, 15) is 8.42 Å². The van der Waals surface area contributed by atoms with E-state index in [1.54, 1.807) is 26.1 Å². The molecule has 0 fully saturated rings. The highest BCUT2D eigenvalue weighted by Gasteiger charge is 2.26. The Morgan fingerprint density at radius 1 is 1.19 bits per heavy atom. The summed E-state index contributed by atoms with van der Waals surface area (Å²) >= 11 is 0. The SMILES string of the molecule is CNCc1cc(S(=O)(=O)N(C)Cc2ccc(C)o2)c(C)o1. The van der Waals surface area contributed by atoms with Gasteiger partial charge in [0.1, 0.15) is 27.9 Å². The lowest BCUT2D eigenvalue weighted by Gasteiger charge is -2.15. The molecule has 7 heteroatoms. The summed E-state index contributed by atoms with van der Waals surface area (Å²) in [5.74, 6) is 2.35. The van der Waals surface area contributed by atoms with E-state index in [-0.39, 0.29) is 11.4 Å². The third-order valence-corrected chi connectivity index (χ3v) is 5.05. The van der Waals surface area contributed by atoms with Crippen LogP contribution < -0.4 is 5.32 Å². The molecule has 0 spiro atoms. The van der Waals surface area contributed by atoms with Gasteiger partial charge in [-0.05, 0) is 33.0 Å². The number of nitrogens with one attached hydrogen (secondary N) is 1. The van der Waals surface area contributed by atoms with Gasteiger partial charge in [-0.1, -0.05) is 0 Å². The van der Waals surface area contributed by atoms with Crippen LogP contribution in [0.1, 0.15) is 23.0 Å². The van der Waals surface area contributed by atoms with Gasteiger partial charge in [-0.25, -0.2) is 8.42 Å². The first-order valence-corrected chi connectivity index (χ1v) is 8.04. The lowest BCUT2D eigenvalue weighted by molar-refractivity contribution is 0.396.